The molecule has 80 valence electrons. The summed E-state index contributed by atoms with van der Waals surface area (Å²) in [4.78, 5) is 14.4. The molecule has 1 N–H and O–H groups in total. The van der Waals surface area contributed by atoms with Gasteiger partial charge >= 0.3 is 5.97 Å². The van der Waals surface area contributed by atoms with Crippen LogP contribution in [0.4, 0.5) is 0 Å². The summed E-state index contributed by atoms with van der Waals surface area (Å²) in [5, 5.41) is 8.82. The van der Waals surface area contributed by atoms with Gasteiger partial charge in [0.1, 0.15) is 17.1 Å². The molecule has 0 unspecified atom stereocenters. The summed E-state index contributed by atoms with van der Waals surface area (Å²) in [5.74, 6) is -0.311. The normalized spacial score (nSPS) is 10.3. The van der Waals surface area contributed by atoms with Crippen LogP contribution in [0.5, 0.6) is 11.5 Å². The summed E-state index contributed by atoms with van der Waals surface area (Å²) in [6.45, 7) is 0. The lowest BCUT2D eigenvalue weighted by Gasteiger charge is -2.06. The second-order valence-electron chi connectivity index (χ2n) is 2.65. The molecule has 15 heavy (non-hydrogen) atoms. The molecule has 0 bridgehead atoms. The molecule has 0 saturated carbocycles. The van der Waals surface area contributed by atoms with Crippen LogP contribution in [0.3, 0.4) is 0 Å². The maximum absolute atomic E-state index is 10.8. The van der Waals surface area contributed by atoms with Crippen molar-refractivity contribution in [2.24, 2.45) is 4.99 Å². The van der Waals surface area contributed by atoms with Gasteiger partial charge in [0.15, 0.2) is 6.40 Å². The van der Waals surface area contributed by atoms with E-state index in [1.54, 1.807) is 7.05 Å². The van der Waals surface area contributed by atoms with E-state index in [-0.39, 0.29) is 11.3 Å². The predicted molar refractivity (Wildman–Crippen MR) is 55.0 cm³/mol. The average Bonchev–Trinajstić information content (AvgIpc) is 2.25. The van der Waals surface area contributed by atoms with Crippen LogP contribution in [-0.4, -0.2) is 31.6 Å². The summed E-state index contributed by atoms with van der Waals surface area (Å²) in [6, 6.07) is 4.44. The number of aromatic carboxylic acids is 1. The number of ether oxygens (including phenoxy) is 2. The van der Waals surface area contributed by atoms with Crippen LogP contribution in [0, 0.1) is 0 Å². The van der Waals surface area contributed by atoms with E-state index in [9.17, 15) is 4.79 Å². The van der Waals surface area contributed by atoms with Gasteiger partial charge in [-0.3, -0.25) is 4.99 Å². The number of carboxylic acid groups (broad SMARTS) is 1. The van der Waals surface area contributed by atoms with Gasteiger partial charge in [-0.05, 0) is 12.1 Å². The van der Waals surface area contributed by atoms with Crippen molar-refractivity contribution in [2.45, 2.75) is 0 Å². The maximum atomic E-state index is 10.8. The summed E-state index contributed by atoms with van der Waals surface area (Å²) in [7, 11) is 2.97. The van der Waals surface area contributed by atoms with Crippen molar-refractivity contribution in [2.75, 3.05) is 14.2 Å². The Morgan fingerprint density at radius 3 is 2.80 bits per heavy atom. The highest BCUT2D eigenvalue weighted by Gasteiger charge is 2.11. The fourth-order valence-corrected chi connectivity index (χ4v) is 1.04. The summed E-state index contributed by atoms with van der Waals surface area (Å²) in [6.07, 6.45) is 1.26. The lowest BCUT2D eigenvalue weighted by Crippen LogP contribution is -2.01. The fraction of sp³-hybridized carbons (Fsp3) is 0.200. The van der Waals surface area contributed by atoms with Gasteiger partial charge in [0.05, 0.1) is 7.11 Å². The van der Waals surface area contributed by atoms with E-state index in [0.717, 1.165) is 0 Å². The quantitative estimate of drug-likeness (QED) is 0.601. The molecular weight excluding hydrogens is 198 g/mol. The topological polar surface area (TPSA) is 68.1 Å². The molecule has 1 rings (SSSR count). The van der Waals surface area contributed by atoms with E-state index in [4.69, 9.17) is 14.6 Å². The number of hydrogen-bond donors (Lipinski definition) is 1. The number of hydrogen-bond acceptors (Lipinski definition) is 4. The Labute approximate surface area is 87.0 Å². The van der Waals surface area contributed by atoms with Crippen molar-refractivity contribution in [3.8, 4) is 11.5 Å². The summed E-state index contributed by atoms with van der Waals surface area (Å²) in [5.41, 5.74) is 0.0956. The molecule has 0 aliphatic heterocycles. The number of carbonyl (C=O) groups is 1. The fourth-order valence-electron chi connectivity index (χ4n) is 1.04. The largest absolute Gasteiger partial charge is 0.496 e. The molecule has 0 heterocycles. The first-order valence-electron chi connectivity index (χ1n) is 4.17. The van der Waals surface area contributed by atoms with Crippen LogP contribution in [-0.2, 0) is 0 Å². The van der Waals surface area contributed by atoms with Crippen LogP contribution in [0.2, 0.25) is 0 Å². The number of carboxylic acids is 1. The highest BCUT2D eigenvalue weighted by Crippen LogP contribution is 2.24. The zero-order valence-electron chi connectivity index (χ0n) is 8.43. The number of aliphatic imine (C=N–C) groups is 1. The van der Waals surface area contributed by atoms with E-state index < -0.39 is 5.97 Å². The first-order valence-corrected chi connectivity index (χ1v) is 4.17. The number of benzene rings is 1. The van der Waals surface area contributed by atoms with Gasteiger partial charge in [0, 0.05) is 13.1 Å². The Balaban J connectivity index is 3.02. The SMILES string of the molecule is CN=COc1ccc(C(=O)O)c(OC)c1. The first-order chi connectivity index (χ1) is 7.19. The van der Waals surface area contributed by atoms with Crippen LogP contribution in [0.25, 0.3) is 0 Å². The van der Waals surface area contributed by atoms with E-state index in [1.165, 1.54) is 31.7 Å². The third-order valence-corrected chi connectivity index (χ3v) is 1.70. The smallest absolute Gasteiger partial charge is 0.339 e. The van der Waals surface area contributed by atoms with Crippen molar-refractivity contribution in [3.05, 3.63) is 23.8 Å². The third kappa shape index (κ3) is 2.70. The van der Waals surface area contributed by atoms with Gasteiger partial charge in [-0.15, -0.1) is 0 Å². The Hall–Kier alpha value is -2.04. The third-order valence-electron chi connectivity index (χ3n) is 1.70. The van der Waals surface area contributed by atoms with Crippen molar-refractivity contribution in [3.63, 3.8) is 0 Å². The molecule has 0 aromatic heterocycles. The molecule has 0 aliphatic carbocycles. The van der Waals surface area contributed by atoms with Gasteiger partial charge in [-0.2, -0.15) is 0 Å². The molecule has 0 spiro atoms. The minimum atomic E-state index is -1.04. The molecule has 1 aromatic rings. The van der Waals surface area contributed by atoms with Crippen molar-refractivity contribution < 1.29 is 19.4 Å². The summed E-state index contributed by atoms with van der Waals surface area (Å²) >= 11 is 0. The number of nitrogens with zero attached hydrogens (tertiary/aromatic N) is 1. The van der Waals surface area contributed by atoms with E-state index >= 15 is 0 Å². The molecule has 0 amide bonds. The van der Waals surface area contributed by atoms with Crippen molar-refractivity contribution >= 4 is 12.4 Å². The van der Waals surface area contributed by atoms with E-state index in [2.05, 4.69) is 4.99 Å². The molecule has 0 saturated heterocycles. The maximum Gasteiger partial charge on any atom is 0.339 e. The molecule has 5 heteroatoms. The van der Waals surface area contributed by atoms with E-state index in [0.29, 0.717) is 5.75 Å². The second kappa shape index (κ2) is 4.99. The number of rotatable bonds is 4. The van der Waals surface area contributed by atoms with Gasteiger partial charge in [-0.25, -0.2) is 4.79 Å². The van der Waals surface area contributed by atoms with Crippen molar-refractivity contribution in [1.29, 1.82) is 0 Å². The zero-order chi connectivity index (χ0) is 11.3. The van der Waals surface area contributed by atoms with Gasteiger partial charge in [0.2, 0.25) is 0 Å². The predicted octanol–water partition coefficient (Wildman–Crippen LogP) is 1.43. The second-order valence-corrected chi connectivity index (χ2v) is 2.65. The standard InChI is InChI=1S/C10H11NO4/c1-11-6-15-7-3-4-8(10(12)13)9(5-7)14-2/h3-6H,1-2H3,(H,12,13). The Morgan fingerprint density at radius 2 is 2.27 bits per heavy atom. The molecular formula is C10H11NO4. The van der Waals surface area contributed by atoms with Gasteiger partial charge in [-0.1, -0.05) is 0 Å². The lowest BCUT2D eigenvalue weighted by molar-refractivity contribution is 0.0693. The Kier molecular flexibility index (Phi) is 3.68. The van der Waals surface area contributed by atoms with Gasteiger partial charge < -0.3 is 14.6 Å². The Bertz CT molecular complexity index is 387. The Morgan fingerprint density at radius 1 is 1.53 bits per heavy atom. The summed E-state index contributed by atoms with van der Waals surface area (Å²) < 4.78 is 9.99. The lowest BCUT2D eigenvalue weighted by atomic mass is 10.2. The van der Waals surface area contributed by atoms with Crippen LogP contribution < -0.4 is 9.47 Å². The van der Waals surface area contributed by atoms with Crippen LogP contribution in [0.15, 0.2) is 23.2 Å². The van der Waals surface area contributed by atoms with Crippen molar-refractivity contribution in [1.82, 2.24) is 0 Å². The van der Waals surface area contributed by atoms with Crippen LogP contribution in [0.1, 0.15) is 10.4 Å². The molecule has 5 nitrogen and oxygen atoms in total. The zero-order valence-corrected chi connectivity index (χ0v) is 8.43. The highest BCUT2D eigenvalue weighted by atomic mass is 16.5. The minimum Gasteiger partial charge on any atom is -0.496 e. The molecule has 0 aliphatic rings. The number of methoxy groups -OCH3 is 1. The highest BCUT2D eigenvalue weighted by molar-refractivity contribution is 5.91. The van der Waals surface area contributed by atoms with E-state index in [1.807, 2.05) is 0 Å². The molecule has 1 aromatic carbocycles. The first kappa shape index (κ1) is 11.0. The average molecular weight is 209 g/mol. The monoisotopic (exact) mass is 209 g/mol. The van der Waals surface area contributed by atoms with Crippen LogP contribution >= 0.6 is 0 Å². The molecule has 0 radical (unpaired) electrons. The molecule has 0 atom stereocenters. The van der Waals surface area contributed by atoms with Gasteiger partial charge in [0.25, 0.3) is 0 Å². The molecule has 0 fully saturated rings. The minimum absolute atomic E-state index is 0.0956.